The van der Waals surface area contributed by atoms with E-state index in [1.165, 1.54) is 56.9 Å². The first kappa shape index (κ1) is 22.0. The number of nitrogens with zero attached hydrogens (tertiary/aromatic N) is 3. The fourth-order valence-electron chi connectivity index (χ4n) is 3.86. The largest absolute Gasteiger partial charge is 0.352 e. The average molecular weight is 407 g/mol. The molecule has 1 aromatic carbocycles. The molecule has 2 heterocycles. The molecule has 0 aliphatic rings. The van der Waals surface area contributed by atoms with E-state index < -0.39 is 0 Å². The van der Waals surface area contributed by atoms with Crippen LogP contribution >= 0.6 is 0 Å². The van der Waals surface area contributed by atoms with Crippen molar-refractivity contribution in [2.45, 2.75) is 71.3 Å². The van der Waals surface area contributed by atoms with Gasteiger partial charge < -0.3 is 9.88 Å². The van der Waals surface area contributed by atoms with Crippen LogP contribution in [0.3, 0.4) is 0 Å². The number of hydrogen-bond donors (Lipinski definition) is 1. The molecule has 0 aliphatic carbocycles. The van der Waals surface area contributed by atoms with Crippen LogP contribution in [0.5, 0.6) is 0 Å². The second-order valence-corrected chi connectivity index (χ2v) is 7.89. The number of hydrogen-bond acceptors (Lipinski definition) is 3. The number of carbonyl (C=O) groups excluding carboxylic acids is 1. The molecule has 5 nitrogen and oxygen atoms in total. The highest BCUT2D eigenvalue weighted by atomic mass is 16.1. The zero-order chi connectivity index (χ0) is 21.0. The highest BCUT2D eigenvalue weighted by Crippen LogP contribution is 2.18. The Labute approximate surface area is 179 Å². The molecule has 160 valence electrons. The van der Waals surface area contributed by atoms with Gasteiger partial charge in [-0.15, -0.1) is 0 Å². The Hall–Kier alpha value is -2.69. The van der Waals surface area contributed by atoms with Gasteiger partial charge in [0.1, 0.15) is 5.82 Å². The lowest BCUT2D eigenvalue weighted by atomic mass is 10.1. The first-order chi connectivity index (χ1) is 14.8. The average Bonchev–Trinajstić information content (AvgIpc) is 3.13. The van der Waals surface area contributed by atoms with Gasteiger partial charge in [0.15, 0.2) is 0 Å². The van der Waals surface area contributed by atoms with E-state index in [1.54, 1.807) is 24.5 Å². The summed E-state index contributed by atoms with van der Waals surface area (Å²) in [6.45, 7) is 3.81. The summed E-state index contributed by atoms with van der Waals surface area (Å²) in [5.41, 5.74) is 2.81. The van der Waals surface area contributed by atoms with Gasteiger partial charge in [-0.2, -0.15) is 0 Å². The van der Waals surface area contributed by atoms with Crippen molar-refractivity contribution < 1.29 is 4.79 Å². The number of fused-ring (bicyclic) bond motifs is 1. The number of benzene rings is 1. The number of pyridine rings is 1. The molecule has 1 amide bonds. The molecular formula is C25H34N4O. The van der Waals surface area contributed by atoms with Gasteiger partial charge in [-0.25, -0.2) is 4.98 Å². The van der Waals surface area contributed by atoms with Crippen LogP contribution in [0.2, 0.25) is 0 Å². The van der Waals surface area contributed by atoms with Crippen molar-refractivity contribution in [3.8, 4) is 0 Å². The number of aryl methyl sites for hydroxylation is 1. The van der Waals surface area contributed by atoms with Crippen LogP contribution in [-0.4, -0.2) is 27.0 Å². The molecule has 0 spiro atoms. The van der Waals surface area contributed by atoms with E-state index in [9.17, 15) is 4.79 Å². The lowest BCUT2D eigenvalue weighted by Crippen LogP contribution is -2.26. The summed E-state index contributed by atoms with van der Waals surface area (Å²) in [5, 5.41) is 2.99. The number of rotatable bonds is 13. The Balaban J connectivity index is 1.52. The molecule has 30 heavy (non-hydrogen) atoms. The Morgan fingerprint density at radius 2 is 1.73 bits per heavy atom. The normalized spacial score (nSPS) is 11.1. The zero-order valence-electron chi connectivity index (χ0n) is 18.1. The summed E-state index contributed by atoms with van der Waals surface area (Å²) in [6.07, 6.45) is 14.5. The lowest BCUT2D eigenvalue weighted by molar-refractivity contribution is 0.0953. The van der Waals surface area contributed by atoms with Gasteiger partial charge in [0.05, 0.1) is 16.6 Å². The fraction of sp³-hybridized carbons (Fsp3) is 0.480. The monoisotopic (exact) mass is 406 g/mol. The third kappa shape index (κ3) is 6.41. The minimum absolute atomic E-state index is 0.0890. The van der Waals surface area contributed by atoms with Crippen LogP contribution in [0, 0.1) is 0 Å². The summed E-state index contributed by atoms with van der Waals surface area (Å²) < 4.78 is 2.34. The van der Waals surface area contributed by atoms with Crippen LogP contribution in [-0.2, 0) is 13.0 Å². The van der Waals surface area contributed by atoms with Gasteiger partial charge in [-0.1, -0.05) is 64.0 Å². The van der Waals surface area contributed by atoms with E-state index in [2.05, 4.69) is 40.0 Å². The van der Waals surface area contributed by atoms with Crippen LogP contribution in [0.15, 0.2) is 48.8 Å². The zero-order valence-corrected chi connectivity index (χ0v) is 18.1. The van der Waals surface area contributed by atoms with Crippen molar-refractivity contribution in [1.82, 2.24) is 19.9 Å². The molecule has 0 bridgehead atoms. The van der Waals surface area contributed by atoms with Crippen molar-refractivity contribution in [3.63, 3.8) is 0 Å². The van der Waals surface area contributed by atoms with E-state index in [1.807, 2.05) is 6.07 Å². The maximum atomic E-state index is 12.3. The van der Waals surface area contributed by atoms with Crippen LogP contribution < -0.4 is 5.32 Å². The minimum Gasteiger partial charge on any atom is -0.352 e. The first-order valence-electron chi connectivity index (χ1n) is 11.4. The molecule has 0 aliphatic heterocycles. The predicted octanol–water partition coefficient (Wildman–Crippen LogP) is 5.54. The molecule has 3 aromatic rings. The van der Waals surface area contributed by atoms with Crippen LogP contribution in [0.25, 0.3) is 11.0 Å². The highest BCUT2D eigenvalue weighted by molar-refractivity contribution is 5.93. The number of unbranched alkanes of at least 4 members (excludes halogenated alkanes) is 7. The van der Waals surface area contributed by atoms with E-state index >= 15 is 0 Å². The molecule has 5 heteroatoms. The minimum atomic E-state index is -0.0890. The third-order valence-electron chi connectivity index (χ3n) is 5.53. The highest BCUT2D eigenvalue weighted by Gasteiger charge is 2.11. The van der Waals surface area contributed by atoms with Crippen molar-refractivity contribution >= 4 is 16.9 Å². The van der Waals surface area contributed by atoms with Gasteiger partial charge in [-0.05, 0) is 30.7 Å². The SMILES string of the molecule is CCCCCCCCCCn1c(CCNC(=O)c2cccnc2)nc2ccccc21. The van der Waals surface area contributed by atoms with Gasteiger partial charge in [-0.3, -0.25) is 9.78 Å². The predicted molar refractivity (Wildman–Crippen MR) is 123 cm³/mol. The van der Waals surface area contributed by atoms with E-state index in [4.69, 9.17) is 4.98 Å². The van der Waals surface area contributed by atoms with Crippen molar-refractivity contribution in [2.75, 3.05) is 6.54 Å². The maximum Gasteiger partial charge on any atom is 0.252 e. The van der Waals surface area contributed by atoms with Gasteiger partial charge in [0, 0.05) is 31.9 Å². The Morgan fingerprint density at radius 3 is 2.50 bits per heavy atom. The summed E-state index contributed by atoms with van der Waals surface area (Å²) in [6, 6.07) is 11.9. The molecule has 0 radical (unpaired) electrons. The van der Waals surface area contributed by atoms with E-state index in [0.29, 0.717) is 12.1 Å². The summed E-state index contributed by atoms with van der Waals surface area (Å²) in [5.74, 6) is 0.958. The maximum absolute atomic E-state index is 12.3. The quantitative estimate of drug-likeness (QED) is 0.379. The van der Waals surface area contributed by atoms with E-state index in [-0.39, 0.29) is 5.91 Å². The number of carbonyl (C=O) groups is 1. The van der Waals surface area contributed by atoms with E-state index in [0.717, 1.165) is 24.3 Å². The molecule has 3 rings (SSSR count). The van der Waals surface area contributed by atoms with Crippen LogP contribution in [0.1, 0.15) is 74.5 Å². The number of aromatic nitrogens is 3. The van der Waals surface area contributed by atoms with Gasteiger partial charge in [0.25, 0.3) is 5.91 Å². The molecule has 0 saturated heterocycles. The smallest absolute Gasteiger partial charge is 0.252 e. The molecule has 0 saturated carbocycles. The number of para-hydroxylation sites is 2. The lowest BCUT2D eigenvalue weighted by Gasteiger charge is -2.10. The topological polar surface area (TPSA) is 59.8 Å². The van der Waals surface area contributed by atoms with Gasteiger partial charge >= 0.3 is 0 Å². The van der Waals surface area contributed by atoms with Crippen molar-refractivity contribution in [3.05, 3.63) is 60.2 Å². The van der Waals surface area contributed by atoms with Crippen molar-refractivity contribution in [2.24, 2.45) is 0 Å². The second kappa shape index (κ2) is 12.1. The van der Waals surface area contributed by atoms with Crippen LogP contribution in [0.4, 0.5) is 0 Å². The number of imidazole rings is 1. The molecule has 2 aromatic heterocycles. The summed E-state index contributed by atoms with van der Waals surface area (Å²) >= 11 is 0. The second-order valence-electron chi connectivity index (χ2n) is 7.89. The number of nitrogens with one attached hydrogen (secondary N) is 1. The molecule has 1 N–H and O–H groups in total. The van der Waals surface area contributed by atoms with Gasteiger partial charge in [0.2, 0.25) is 0 Å². The first-order valence-corrected chi connectivity index (χ1v) is 11.4. The summed E-state index contributed by atoms with van der Waals surface area (Å²) in [7, 11) is 0. The Kier molecular flexibility index (Phi) is 8.88. The van der Waals surface area contributed by atoms with Crippen molar-refractivity contribution in [1.29, 1.82) is 0 Å². The third-order valence-corrected chi connectivity index (χ3v) is 5.53. The molecular weight excluding hydrogens is 372 g/mol. The Morgan fingerprint density at radius 1 is 0.967 bits per heavy atom. The number of amides is 1. The summed E-state index contributed by atoms with van der Waals surface area (Å²) in [4.78, 5) is 21.1. The molecule has 0 fully saturated rings. The standard InChI is InChI=1S/C25H34N4O/c1-2-3-4-5-6-7-8-11-19-29-23-15-10-9-14-22(23)28-24(29)16-18-27-25(30)21-13-12-17-26-20-21/h9-10,12-15,17,20H,2-8,11,16,18-19H2,1H3,(H,27,30). The fourth-order valence-corrected chi connectivity index (χ4v) is 3.86. The molecule has 0 atom stereocenters. The molecule has 0 unspecified atom stereocenters. The Bertz CT molecular complexity index is 904.